The van der Waals surface area contributed by atoms with E-state index in [9.17, 15) is 0 Å². The van der Waals surface area contributed by atoms with Gasteiger partial charge in [-0.25, -0.2) is 0 Å². The highest BCUT2D eigenvalue weighted by atomic mass is 15.3. The quantitative estimate of drug-likeness (QED) is 0.652. The topological polar surface area (TPSA) is 6.48 Å². The van der Waals surface area contributed by atoms with E-state index in [4.69, 9.17) is 0 Å². The lowest BCUT2D eigenvalue weighted by Crippen LogP contribution is -2.45. The third-order valence-corrected chi connectivity index (χ3v) is 6.40. The number of hydrogen-bond donors (Lipinski definition) is 0. The van der Waals surface area contributed by atoms with Crippen LogP contribution in [0.1, 0.15) is 54.7 Å². The van der Waals surface area contributed by atoms with Crippen LogP contribution in [0.15, 0.2) is 60.7 Å². The van der Waals surface area contributed by atoms with E-state index in [2.05, 4.69) is 76.5 Å². The first-order chi connectivity index (χ1) is 13.9. The van der Waals surface area contributed by atoms with E-state index in [0.29, 0.717) is 0 Å². The molecule has 2 nitrogen and oxygen atoms in total. The van der Waals surface area contributed by atoms with Gasteiger partial charge in [0.1, 0.15) is 0 Å². The van der Waals surface area contributed by atoms with Crippen molar-refractivity contribution in [3.8, 4) is 0 Å². The van der Waals surface area contributed by atoms with Crippen molar-refractivity contribution in [2.24, 2.45) is 0 Å². The Bertz CT molecular complexity index is 721. The molecule has 28 heavy (non-hydrogen) atoms. The third kappa shape index (κ3) is 5.56. The molecular weight excluding hydrogens is 340 g/mol. The van der Waals surface area contributed by atoms with Crippen molar-refractivity contribution in [3.05, 3.63) is 77.4 Å². The molecule has 0 N–H and O–H groups in total. The molecular formula is C26H34N2. The Labute approximate surface area is 170 Å². The van der Waals surface area contributed by atoms with E-state index in [1.807, 2.05) is 0 Å². The van der Waals surface area contributed by atoms with Gasteiger partial charge in [-0.1, -0.05) is 86.0 Å². The van der Waals surface area contributed by atoms with Crippen LogP contribution in [0, 0.1) is 0 Å². The van der Waals surface area contributed by atoms with Crippen LogP contribution in [-0.2, 0) is 6.54 Å². The van der Waals surface area contributed by atoms with Crippen LogP contribution in [0.4, 0.5) is 0 Å². The molecule has 148 valence electrons. The van der Waals surface area contributed by atoms with Gasteiger partial charge in [-0.15, -0.1) is 0 Å². The van der Waals surface area contributed by atoms with Crippen LogP contribution in [0.3, 0.4) is 0 Å². The number of rotatable bonds is 6. The maximum atomic E-state index is 2.60. The lowest BCUT2D eigenvalue weighted by atomic mass is 9.84. The summed E-state index contributed by atoms with van der Waals surface area (Å²) >= 11 is 0. The maximum Gasteiger partial charge on any atom is 0.0234 e. The molecule has 1 saturated heterocycles. The van der Waals surface area contributed by atoms with Gasteiger partial charge in [0.25, 0.3) is 0 Å². The smallest absolute Gasteiger partial charge is 0.0234 e. The van der Waals surface area contributed by atoms with Crippen molar-refractivity contribution in [2.75, 3.05) is 32.7 Å². The van der Waals surface area contributed by atoms with E-state index in [-0.39, 0.29) is 0 Å². The highest BCUT2D eigenvalue weighted by Crippen LogP contribution is 2.32. The summed E-state index contributed by atoms with van der Waals surface area (Å²) in [6.45, 7) is 6.82. The van der Waals surface area contributed by atoms with Crippen LogP contribution in [0.25, 0.3) is 6.08 Å². The zero-order valence-corrected chi connectivity index (χ0v) is 17.1. The van der Waals surface area contributed by atoms with E-state index in [0.717, 1.165) is 19.0 Å². The molecule has 2 fully saturated rings. The largest absolute Gasteiger partial charge is 0.297 e. The van der Waals surface area contributed by atoms with E-state index in [1.165, 1.54) is 69.4 Å². The van der Waals surface area contributed by atoms with Crippen molar-refractivity contribution < 1.29 is 0 Å². The molecule has 0 radical (unpaired) electrons. The van der Waals surface area contributed by atoms with Crippen molar-refractivity contribution in [3.63, 3.8) is 0 Å². The molecule has 2 aromatic carbocycles. The van der Waals surface area contributed by atoms with Gasteiger partial charge in [0.05, 0.1) is 0 Å². The average Bonchev–Trinajstić information content (AvgIpc) is 2.77. The first-order valence-corrected chi connectivity index (χ1v) is 11.1. The lowest BCUT2D eigenvalue weighted by Gasteiger charge is -2.34. The summed E-state index contributed by atoms with van der Waals surface area (Å²) in [5.74, 6) is 0.815. The normalized spacial score (nSPS) is 20.0. The second-order valence-corrected chi connectivity index (χ2v) is 8.47. The fourth-order valence-corrected chi connectivity index (χ4v) is 4.62. The number of benzene rings is 2. The van der Waals surface area contributed by atoms with Gasteiger partial charge < -0.3 is 0 Å². The lowest BCUT2D eigenvalue weighted by molar-refractivity contribution is 0.137. The van der Waals surface area contributed by atoms with Gasteiger partial charge in [0.2, 0.25) is 0 Å². The standard InChI is InChI=1S/C26H34N2/c1-3-8-23(9-4-1)10-7-17-27-18-20-28(21-19-27)22-24-13-15-26(16-14-24)25-11-5-2-6-12-25/h1,3-4,7-10,13-16,25H,2,5-6,11-12,17-22H2/b10-7+. The fourth-order valence-electron chi connectivity index (χ4n) is 4.62. The zero-order chi connectivity index (χ0) is 19.0. The summed E-state index contributed by atoms with van der Waals surface area (Å²) in [5, 5.41) is 0. The molecule has 4 rings (SSSR count). The molecule has 0 aromatic heterocycles. The summed E-state index contributed by atoms with van der Waals surface area (Å²) < 4.78 is 0. The van der Waals surface area contributed by atoms with Crippen molar-refractivity contribution in [2.45, 2.75) is 44.6 Å². The Morgan fingerprint density at radius 2 is 1.43 bits per heavy atom. The number of hydrogen-bond acceptors (Lipinski definition) is 2. The minimum Gasteiger partial charge on any atom is -0.297 e. The predicted molar refractivity (Wildman–Crippen MR) is 119 cm³/mol. The molecule has 1 saturated carbocycles. The molecule has 0 amide bonds. The van der Waals surface area contributed by atoms with E-state index < -0.39 is 0 Å². The summed E-state index contributed by atoms with van der Waals surface area (Å²) in [6.07, 6.45) is 11.6. The van der Waals surface area contributed by atoms with Crippen LogP contribution in [-0.4, -0.2) is 42.5 Å². The highest BCUT2D eigenvalue weighted by Gasteiger charge is 2.17. The van der Waals surface area contributed by atoms with Gasteiger partial charge in [-0.3, -0.25) is 9.80 Å². The Morgan fingerprint density at radius 1 is 0.750 bits per heavy atom. The predicted octanol–water partition coefficient (Wildman–Crippen LogP) is 5.57. The summed E-state index contributed by atoms with van der Waals surface area (Å²) in [6, 6.07) is 20.1. The average molecular weight is 375 g/mol. The van der Waals surface area contributed by atoms with Crippen molar-refractivity contribution in [1.29, 1.82) is 0 Å². The second kappa shape index (κ2) is 10.0. The van der Waals surface area contributed by atoms with Crippen molar-refractivity contribution in [1.82, 2.24) is 9.80 Å². The molecule has 0 unspecified atom stereocenters. The molecule has 2 aliphatic rings. The zero-order valence-electron chi connectivity index (χ0n) is 17.1. The third-order valence-electron chi connectivity index (χ3n) is 6.40. The summed E-state index contributed by atoms with van der Waals surface area (Å²) in [4.78, 5) is 5.16. The van der Waals surface area contributed by atoms with E-state index in [1.54, 1.807) is 5.56 Å². The Hall–Kier alpha value is -1.90. The van der Waals surface area contributed by atoms with Crippen LogP contribution in [0.2, 0.25) is 0 Å². The fraction of sp³-hybridized carbons (Fsp3) is 0.462. The minimum atomic E-state index is 0.815. The highest BCUT2D eigenvalue weighted by molar-refractivity contribution is 5.48. The Morgan fingerprint density at radius 3 is 2.14 bits per heavy atom. The maximum absolute atomic E-state index is 2.60. The van der Waals surface area contributed by atoms with Crippen LogP contribution in [0.5, 0.6) is 0 Å². The number of nitrogens with zero attached hydrogens (tertiary/aromatic N) is 2. The Balaban J connectivity index is 1.20. The summed E-state index contributed by atoms with van der Waals surface area (Å²) in [5.41, 5.74) is 4.33. The van der Waals surface area contributed by atoms with Gasteiger partial charge in [0.15, 0.2) is 0 Å². The second-order valence-electron chi connectivity index (χ2n) is 8.47. The van der Waals surface area contributed by atoms with Crippen LogP contribution >= 0.6 is 0 Å². The molecule has 2 heteroatoms. The Kier molecular flexibility index (Phi) is 6.96. The van der Waals surface area contributed by atoms with Gasteiger partial charge in [-0.05, 0) is 35.4 Å². The SMILES string of the molecule is C(=C\c1ccccc1)/CN1CCN(Cc2ccc(C3CCCCC3)cc2)CC1. The minimum absolute atomic E-state index is 0.815. The molecule has 0 spiro atoms. The van der Waals surface area contributed by atoms with Crippen molar-refractivity contribution >= 4 is 6.08 Å². The molecule has 2 aromatic rings. The molecule has 1 aliphatic carbocycles. The monoisotopic (exact) mass is 374 g/mol. The molecule has 0 bridgehead atoms. The first-order valence-electron chi connectivity index (χ1n) is 11.1. The van der Waals surface area contributed by atoms with Gasteiger partial charge in [0, 0.05) is 39.3 Å². The van der Waals surface area contributed by atoms with Gasteiger partial charge >= 0.3 is 0 Å². The van der Waals surface area contributed by atoms with E-state index >= 15 is 0 Å². The van der Waals surface area contributed by atoms with Crippen LogP contribution < -0.4 is 0 Å². The molecule has 0 atom stereocenters. The molecule has 1 aliphatic heterocycles. The number of piperazine rings is 1. The summed E-state index contributed by atoms with van der Waals surface area (Å²) in [7, 11) is 0. The van der Waals surface area contributed by atoms with Gasteiger partial charge in [-0.2, -0.15) is 0 Å². The first kappa shape index (κ1) is 19.4. The molecule has 1 heterocycles.